The van der Waals surface area contributed by atoms with Crippen molar-refractivity contribution in [3.05, 3.63) is 39.7 Å². The number of carbonyl (C=O) groups is 3. The summed E-state index contributed by atoms with van der Waals surface area (Å²) in [6.07, 6.45) is 2.73. The van der Waals surface area contributed by atoms with Gasteiger partial charge in [0, 0.05) is 49.3 Å². The molecule has 222 valence electrons. The van der Waals surface area contributed by atoms with Crippen LogP contribution in [-0.4, -0.2) is 77.2 Å². The minimum absolute atomic E-state index is 0.106. The summed E-state index contributed by atoms with van der Waals surface area (Å²) in [6.45, 7) is 4.79. The fourth-order valence-corrected chi connectivity index (χ4v) is 7.39. The molecule has 1 saturated carbocycles. The van der Waals surface area contributed by atoms with Crippen LogP contribution in [0.15, 0.2) is 23.0 Å². The molecule has 5 rings (SSSR count). The highest BCUT2D eigenvalue weighted by atomic mass is 16.3. The number of benzene rings is 1. The molecule has 3 aliphatic carbocycles. The van der Waals surface area contributed by atoms with Gasteiger partial charge in [0.15, 0.2) is 11.4 Å². The highest BCUT2D eigenvalue weighted by Crippen LogP contribution is 2.55. The number of amides is 1. The van der Waals surface area contributed by atoms with Crippen LogP contribution in [0.4, 0.5) is 5.69 Å². The Morgan fingerprint density at radius 1 is 1.20 bits per heavy atom. The number of anilines is 1. The van der Waals surface area contributed by atoms with Crippen molar-refractivity contribution in [2.75, 3.05) is 38.6 Å². The van der Waals surface area contributed by atoms with Gasteiger partial charge in [-0.05, 0) is 75.2 Å². The summed E-state index contributed by atoms with van der Waals surface area (Å²) < 4.78 is 0. The summed E-state index contributed by atoms with van der Waals surface area (Å²) in [5, 5.41) is 52.4. The second kappa shape index (κ2) is 10.8. The van der Waals surface area contributed by atoms with Crippen LogP contribution in [0, 0.1) is 23.7 Å². The molecule has 11 heteroatoms. The average Bonchev–Trinajstić information content (AvgIpc) is 2.92. The van der Waals surface area contributed by atoms with Crippen LogP contribution >= 0.6 is 0 Å². The zero-order valence-corrected chi connectivity index (χ0v) is 23.8. The van der Waals surface area contributed by atoms with Gasteiger partial charge in [0.2, 0.25) is 5.78 Å². The van der Waals surface area contributed by atoms with Gasteiger partial charge >= 0.3 is 0 Å². The fourth-order valence-electron chi connectivity index (χ4n) is 7.39. The van der Waals surface area contributed by atoms with E-state index in [2.05, 4.69) is 10.6 Å². The first kappa shape index (κ1) is 29.1. The molecular weight excluding hydrogens is 528 g/mol. The summed E-state index contributed by atoms with van der Waals surface area (Å²) in [6, 6.07) is 1.88. The van der Waals surface area contributed by atoms with Crippen molar-refractivity contribution in [2.24, 2.45) is 29.4 Å². The number of fused-ring (bicyclic) bond motifs is 3. The number of nitrogens with one attached hydrogen (secondary N) is 2. The second-order valence-corrected chi connectivity index (χ2v) is 12.0. The SMILES string of the molecule is CC[C@H]1C(=O)C(C(N)=O)=C(O)[C@@]2(O)C(=O)C3=C(O)c4c(O)c(CNCC5CCNCC5)cc(N(C)C)c4CC3C[C@@H]12. The normalized spacial score (nSPS) is 28.3. The number of phenols is 1. The maximum Gasteiger partial charge on any atom is 0.255 e. The van der Waals surface area contributed by atoms with Crippen molar-refractivity contribution in [3.63, 3.8) is 0 Å². The topological polar surface area (TPSA) is 185 Å². The van der Waals surface area contributed by atoms with Crippen LogP contribution < -0.4 is 21.3 Å². The van der Waals surface area contributed by atoms with Gasteiger partial charge in [0.1, 0.15) is 22.8 Å². The Morgan fingerprint density at radius 2 is 1.88 bits per heavy atom. The molecule has 2 fully saturated rings. The third-order valence-electron chi connectivity index (χ3n) is 9.52. The lowest BCUT2D eigenvalue weighted by Gasteiger charge is -2.49. The van der Waals surface area contributed by atoms with Crippen molar-refractivity contribution >= 4 is 28.9 Å². The van der Waals surface area contributed by atoms with E-state index >= 15 is 0 Å². The molecule has 4 atom stereocenters. The number of piperidine rings is 1. The molecule has 4 aliphatic rings. The molecule has 0 spiro atoms. The second-order valence-electron chi connectivity index (χ2n) is 12.0. The van der Waals surface area contributed by atoms with E-state index in [4.69, 9.17) is 5.73 Å². The molecule has 1 aliphatic heterocycles. The summed E-state index contributed by atoms with van der Waals surface area (Å²) in [7, 11) is 3.72. The molecule has 1 amide bonds. The zero-order valence-electron chi connectivity index (χ0n) is 23.8. The molecule has 1 saturated heterocycles. The van der Waals surface area contributed by atoms with Crippen LogP contribution in [0.1, 0.15) is 49.3 Å². The van der Waals surface area contributed by atoms with Crippen molar-refractivity contribution in [3.8, 4) is 5.75 Å². The van der Waals surface area contributed by atoms with Gasteiger partial charge in [0.05, 0.1) is 5.56 Å². The highest BCUT2D eigenvalue weighted by molar-refractivity contribution is 6.23. The minimum atomic E-state index is -2.59. The Kier molecular flexibility index (Phi) is 7.65. The minimum Gasteiger partial charge on any atom is -0.508 e. The first-order chi connectivity index (χ1) is 19.4. The van der Waals surface area contributed by atoms with E-state index in [-0.39, 0.29) is 36.1 Å². The number of aliphatic hydroxyl groups excluding tert-OH is 2. The molecule has 1 unspecified atom stereocenters. The van der Waals surface area contributed by atoms with Crippen LogP contribution in [0.25, 0.3) is 5.76 Å². The number of nitrogens with zero attached hydrogens (tertiary/aromatic N) is 1. The Balaban J connectivity index is 1.59. The first-order valence-electron chi connectivity index (χ1n) is 14.4. The van der Waals surface area contributed by atoms with Gasteiger partial charge in [-0.15, -0.1) is 0 Å². The maximum absolute atomic E-state index is 14.0. The predicted octanol–water partition coefficient (Wildman–Crippen LogP) is 1.22. The predicted molar refractivity (Wildman–Crippen MR) is 152 cm³/mol. The number of aliphatic hydroxyl groups is 3. The van der Waals surface area contributed by atoms with Gasteiger partial charge in [-0.3, -0.25) is 14.4 Å². The molecule has 1 heterocycles. The highest BCUT2D eigenvalue weighted by Gasteiger charge is 2.63. The molecule has 0 aromatic heterocycles. The molecule has 1 aromatic carbocycles. The van der Waals surface area contributed by atoms with E-state index in [1.807, 2.05) is 25.1 Å². The third-order valence-corrected chi connectivity index (χ3v) is 9.52. The lowest BCUT2D eigenvalue weighted by molar-refractivity contribution is -0.153. The van der Waals surface area contributed by atoms with E-state index in [0.29, 0.717) is 23.6 Å². The van der Waals surface area contributed by atoms with Gasteiger partial charge in [-0.2, -0.15) is 0 Å². The van der Waals surface area contributed by atoms with Crippen LogP contribution in [-0.2, 0) is 27.3 Å². The van der Waals surface area contributed by atoms with Crippen molar-refractivity contribution < 1.29 is 34.8 Å². The van der Waals surface area contributed by atoms with Crippen molar-refractivity contribution in [1.29, 1.82) is 0 Å². The summed E-state index contributed by atoms with van der Waals surface area (Å²) >= 11 is 0. The molecule has 1 aromatic rings. The van der Waals surface area contributed by atoms with Gasteiger partial charge in [0.25, 0.3) is 5.91 Å². The van der Waals surface area contributed by atoms with E-state index in [9.17, 15) is 34.8 Å². The Hall–Kier alpha value is -3.41. The monoisotopic (exact) mass is 568 g/mol. The maximum atomic E-state index is 14.0. The number of hydrogen-bond donors (Lipinski definition) is 7. The van der Waals surface area contributed by atoms with E-state index in [1.54, 1.807) is 6.92 Å². The number of rotatable bonds is 7. The number of phenolic OH excluding ortho intramolecular Hbond substituents is 1. The molecule has 0 radical (unpaired) electrons. The molecule has 8 N–H and O–H groups in total. The number of hydrogen-bond acceptors (Lipinski definition) is 10. The zero-order chi connectivity index (χ0) is 29.8. The number of primary amides is 1. The van der Waals surface area contributed by atoms with E-state index < -0.39 is 57.9 Å². The van der Waals surface area contributed by atoms with E-state index in [0.717, 1.165) is 38.2 Å². The Morgan fingerprint density at radius 3 is 2.49 bits per heavy atom. The largest absolute Gasteiger partial charge is 0.508 e. The standard InChI is InChI=1S/C30H40N4O7/c1-4-17-19-10-15-9-18-20(34(2)3)11-16(13-33-12-14-5-7-32-8-6-14)24(35)22(18)26(37)21(15)27(38)30(19,41)28(39)23(25(17)36)29(31)40/h11,14-15,17,19,32-33,35,37,39,41H,4-10,12-13H2,1-3H3,(H2,31,40)/t15?,17-,19+,30+/m1/s1. The Bertz CT molecular complexity index is 1360. The third kappa shape index (κ3) is 4.50. The van der Waals surface area contributed by atoms with Gasteiger partial charge in [-0.25, -0.2) is 0 Å². The van der Waals surface area contributed by atoms with Crippen molar-refractivity contribution in [2.45, 2.75) is 51.2 Å². The number of nitrogens with two attached hydrogens (primary N) is 1. The number of carbonyl (C=O) groups excluding carboxylic acids is 3. The van der Waals surface area contributed by atoms with Crippen LogP contribution in [0.3, 0.4) is 0 Å². The molecule has 41 heavy (non-hydrogen) atoms. The lowest BCUT2D eigenvalue weighted by atomic mass is 9.55. The molecule has 0 bridgehead atoms. The summed E-state index contributed by atoms with van der Waals surface area (Å²) in [4.78, 5) is 41.1. The number of ketones is 2. The first-order valence-corrected chi connectivity index (χ1v) is 14.4. The van der Waals surface area contributed by atoms with Crippen LogP contribution in [0.2, 0.25) is 0 Å². The smallest absolute Gasteiger partial charge is 0.255 e. The lowest BCUT2D eigenvalue weighted by Crippen LogP contribution is -2.61. The van der Waals surface area contributed by atoms with Crippen molar-refractivity contribution in [1.82, 2.24) is 10.6 Å². The Labute approximate surface area is 239 Å². The van der Waals surface area contributed by atoms with Crippen LogP contribution in [0.5, 0.6) is 5.75 Å². The number of Topliss-reactive ketones (excluding diaryl/α,β-unsaturated/α-hetero) is 2. The summed E-state index contributed by atoms with van der Waals surface area (Å²) in [5.41, 5.74) is 3.99. The van der Waals surface area contributed by atoms with Gasteiger partial charge < -0.3 is 41.7 Å². The quantitative estimate of drug-likeness (QED) is 0.236. The average molecular weight is 569 g/mol. The van der Waals surface area contributed by atoms with Gasteiger partial charge in [-0.1, -0.05) is 6.92 Å². The summed E-state index contributed by atoms with van der Waals surface area (Å²) in [5.74, 6) is -6.56. The fraction of sp³-hybridized carbons (Fsp3) is 0.567. The number of aromatic hydroxyl groups is 1. The molecular formula is C30H40N4O7. The van der Waals surface area contributed by atoms with E-state index in [1.165, 1.54) is 0 Å². The molecule has 11 nitrogen and oxygen atoms in total.